The average molecular weight is 709 g/mol. The van der Waals surface area contributed by atoms with E-state index < -0.39 is 0 Å². The molecule has 0 atom stereocenters. The van der Waals surface area contributed by atoms with Crippen LogP contribution in [0.1, 0.15) is 5.56 Å². The summed E-state index contributed by atoms with van der Waals surface area (Å²) >= 11 is 23.1. The van der Waals surface area contributed by atoms with Crippen molar-refractivity contribution in [1.29, 1.82) is 0 Å². The third kappa shape index (κ3) is 7.46. The van der Waals surface area contributed by atoms with E-state index in [2.05, 4.69) is 204 Å². The first-order chi connectivity index (χ1) is 23.2. The zero-order valence-corrected chi connectivity index (χ0v) is 30.6. The Balaban J connectivity index is 1.39. The van der Waals surface area contributed by atoms with Crippen molar-refractivity contribution in [3.8, 4) is 66.8 Å². The zero-order valence-electron chi connectivity index (χ0n) is 26.1. The lowest BCUT2D eigenvalue weighted by molar-refractivity contribution is 1.35. The number of aryl methyl sites for hydroxylation is 1. The highest BCUT2D eigenvalue weighted by atomic mass is 32.1. The molecule has 0 spiro atoms. The van der Waals surface area contributed by atoms with E-state index in [0.717, 1.165) is 91.2 Å². The normalized spacial score (nSPS) is 11.1. The molecule has 0 unspecified atom stereocenters. The molecule has 0 radical (unpaired) electrons. The Bertz CT molecular complexity index is 1990. The van der Waals surface area contributed by atoms with Crippen molar-refractivity contribution in [2.24, 2.45) is 0 Å². The van der Waals surface area contributed by atoms with Gasteiger partial charge in [-0.05, 0) is 164 Å². The summed E-state index contributed by atoms with van der Waals surface area (Å²) in [5.74, 6) is 0. The molecule has 7 aromatic carbocycles. The van der Waals surface area contributed by atoms with Crippen LogP contribution in [0.4, 0.5) is 0 Å². The number of benzene rings is 7. The fourth-order valence-corrected chi connectivity index (χ4v) is 7.87. The number of thiol groups is 5. The van der Waals surface area contributed by atoms with Crippen LogP contribution in [0.2, 0.25) is 0 Å². The van der Waals surface area contributed by atoms with E-state index in [1.54, 1.807) is 0 Å². The SMILES string of the molecule is Cc1cc(S)cc(-c2cccc(-c3cc(-c4cccc(-c5cc(S)cc(S)c5)c4)cc(-c4cccc(-c5cc(S)cc(S)c5)c4)c3)c2)c1. The minimum atomic E-state index is 0.888. The molecule has 0 heterocycles. The molecule has 0 aliphatic heterocycles. The molecule has 5 heteroatoms. The first-order valence-electron chi connectivity index (χ1n) is 15.5. The van der Waals surface area contributed by atoms with Gasteiger partial charge in [-0.2, -0.15) is 0 Å². The third-order valence-electron chi connectivity index (χ3n) is 8.39. The second-order valence-electron chi connectivity index (χ2n) is 12.1. The van der Waals surface area contributed by atoms with Crippen molar-refractivity contribution in [2.75, 3.05) is 0 Å². The summed E-state index contributed by atoms with van der Waals surface area (Å²) in [4.78, 5) is 4.51. The zero-order chi connectivity index (χ0) is 33.4. The van der Waals surface area contributed by atoms with E-state index >= 15 is 0 Å². The Hall–Kier alpha value is -3.71. The lowest BCUT2D eigenvalue weighted by atomic mass is 9.90. The molecule has 234 valence electrons. The lowest BCUT2D eigenvalue weighted by Gasteiger charge is -2.14. The Morgan fingerprint density at radius 2 is 0.479 bits per heavy atom. The maximum absolute atomic E-state index is 4.65. The van der Waals surface area contributed by atoms with Gasteiger partial charge in [0.25, 0.3) is 0 Å². The maximum Gasteiger partial charge on any atom is 0.00572 e. The number of hydrogen-bond acceptors (Lipinski definition) is 5. The summed E-state index contributed by atoms with van der Waals surface area (Å²) in [6.45, 7) is 2.11. The van der Waals surface area contributed by atoms with Crippen LogP contribution in [0.25, 0.3) is 66.8 Å². The largest absolute Gasteiger partial charge is 0.143 e. The van der Waals surface area contributed by atoms with Crippen LogP contribution >= 0.6 is 63.1 Å². The van der Waals surface area contributed by atoms with Gasteiger partial charge in [-0.25, -0.2) is 0 Å². The quantitative estimate of drug-likeness (QED) is 0.104. The van der Waals surface area contributed by atoms with Crippen molar-refractivity contribution in [3.63, 3.8) is 0 Å². The second-order valence-corrected chi connectivity index (χ2v) is 14.7. The molecular formula is C43H32S5. The van der Waals surface area contributed by atoms with Crippen LogP contribution < -0.4 is 0 Å². The highest BCUT2D eigenvalue weighted by Crippen LogP contribution is 2.38. The lowest BCUT2D eigenvalue weighted by Crippen LogP contribution is -1.89. The van der Waals surface area contributed by atoms with Crippen molar-refractivity contribution in [2.45, 2.75) is 31.4 Å². The summed E-state index contributed by atoms with van der Waals surface area (Å²) in [6, 6.07) is 51.7. The molecule has 7 rings (SSSR count). The molecule has 0 amide bonds. The number of rotatable bonds is 6. The molecule has 7 aromatic rings. The van der Waals surface area contributed by atoms with E-state index in [0.29, 0.717) is 0 Å². The summed E-state index contributed by atoms with van der Waals surface area (Å²) in [7, 11) is 0. The predicted molar refractivity (Wildman–Crippen MR) is 220 cm³/mol. The van der Waals surface area contributed by atoms with Crippen LogP contribution in [0.3, 0.4) is 0 Å². The van der Waals surface area contributed by atoms with Crippen molar-refractivity contribution in [1.82, 2.24) is 0 Å². The second kappa shape index (κ2) is 14.0. The van der Waals surface area contributed by atoms with E-state index in [4.69, 9.17) is 0 Å². The standard InChI is InChI=1S/C43H32S5/c1-26-11-33(19-39(44)12-26)27-5-2-6-28(13-27)34-16-35(29-7-3-9-31(14-29)37-20-40(45)24-41(46)21-37)18-36(17-34)30-8-4-10-32(15-30)38-22-42(47)25-43(48)23-38/h2-25,44-48H,1H3. The average Bonchev–Trinajstić information content (AvgIpc) is 3.07. The van der Waals surface area contributed by atoms with Gasteiger partial charge in [0.05, 0.1) is 0 Å². The van der Waals surface area contributed by atoms with Crippen LogP contribution in [-0.2, 0) is 0 Å². The molecule has 0 aliphatic rings. The molecular weight excluding hydrogens is 677 g/mol. The van der Waals surface area contributed by atoms with Gasteiger partial charge in [-0.15, -0.1) is 63.1 Å². The maximum atomic E-state index is 4.65. The van der Waals surface area contributed by atoms with E-state index in [1.807, 2.05) is 12.1 Å². The Morgan fingerprint density at radius 1 is 0.250 bits per heavy atom. The van der Waals surface area contributed by atoms with Gasteiger partial charge >= 0.3 is 0 Å². The van der Waals surface area contributed by atoms with Crippen LogP contribution in [0, 0.1) is 6.92 Å². The monoisotopic (exact) mass is 708 g/mol. The summed E-state index contributed by atoms with van der Waals surface area (Å²) < 4.78 is 0. The van der Waals surface area contributed by atoms with Crippen LogP contribution in [-0.4, -0.2) is 0 Å². The molecule has 0 saturated heterocycles. The molecule has 0 N–H and O–H groups in total. The van der Waals surface area contributed by atoms with Gasteiger partial charge in [-0.3, -0.25) is 0 Å². The van der Waals surface area contributed by atoms with E-state index in [-0.39, 0.29) is 0 Å². The third-order valence-corrected chi connectivity index (χ3v) is 9.68. The highest BCUT2D eigenvalue weighted by Gasteiger charge is 2.12. The minimum Gasteiger partial charge on any atom is -0.143 e. The van der Waals surface area contributed by atoms with Gasteiger partial charge in [0.15, 0.2) is 0 Å². The molecule has 0 saturated carbocycles. The Kier molecular flexibility index (Phi) is 9.59. The summed E-state index contributed by atoms with van der Waals surface area (Å²) in [6.07, 6.45) is 0. The topological polar surface area (TPSA) is 0 Å². The molecule has 0 fully saturated rings. The molecule has 0 bridgehead atoms. The number of hydrogen-bond donors (Lipinski definition) is 5. The highest BCUT2D eigenvalue weighted by molar-refractivity contribution is 7.81. The van der Waals surface area contributed by atoms with Crippen LogP contribution in [0.15, 0.2) is 170 Å². The Morgan fingerprint density at radius 3 is 0.771 bits per heavy atom. The van der Waals surface area contributed by atoms with Crippen molar-refractivity contribution < 1.29 is 0 Å². The van der Waals surface area contributed by atoms with Crippen LogP contribution in [0.5, 0.6) is 0 Å². The van der Waals surface area contributed by atoms with Crippen molar-refractivity contribution in [3.05, 3.63) is 151 Å². The van der Waals surface area contributed by atoms with Gasteiger partial charge in [0.1, 0.15) is 0 Å². The Labute approximate surface area is 310 Å². The smallest absolute Gasteiger partial charge is 0.00572 e. The molecule has 0 nitrogen and oxygen atoms in total. The summed E-state index contributed by atoms with van der Waals surface area (Å²) in [5.41, 5.74) is 14.7. The molecule has 48 heavy (non-hydrogen) atoms. The van der Waals surface area contributed by atoms with Gasteiger partial charge in [0.2, 0.25) is 0 Å². The first-order valence-corrected chi connectivity index (χ1v) is 17.7. The molecule has 0 aliphatic carbocycles. The fraction of sp³-hybridized carbons (Fsp3) is 0.0233. The predicted octanol–water partition coefficient (Wildman–Crippen LogP) is 13.4. The van der Waals surface area contributed by atoms with E-state index in [9.17, 15) is 0 Å². The van der Waals surface area contributed by atoms with E-state index in [1.165, 1.54) is 5.56 Å². The first kappa shape index (κ1) is 32.8. The van der Waals surface area contributed by atoms with Crippen molar-refractivity contribution >= 4 is 63.1 Å². The van der Waals surface area contributed by atoms with Gasteiger partial charge in [0, 0.05) is 24.5 Å². The van der Waals surface area contributed by atoms with Gasteiger partial charge < -0.3 is 0 Å². The fourth-order valence-electron chi connectivity index (χ4n) is 6.22. The minimum absolute atomic E-state index is 0.888. The van der Waals surface area contributed by atoms with Gasteiger partial charge in [-0.1, -0.05) is 60.7 Å². The summed E-state index contributed by atoms with van der Waals surface area (Å²) in [5, 5.41) is 0. The molecule has 0 aromatic heterocycles.